The molecule has 6 nitrogen and oxygen atoms in total. The molecule has 6 heteroatoms. The van der Waals surface area contributed by atoms with E-state index in [4.69, 9.17) is 9.47 Å². The van der Waals surface area contributed by atoms with Crippen molar-refractivity contribution < 1.29 is 19.1 Å². The third-order valence-corrected chi connectivity index (χ3v) is 5.08. The molecule has 0 aromatic carbocycles. The lowest BCUT2D eigenvalue weighted by Crippen LogP contribution is -2.53. The minimum absolute atomic E-state index is 0.00281. The summed E-state index contributed by atoms with van der Waals surface area (Å²) >= 11 is 0. The Morgan fingerprint density at radius 2 is 1.85 bits per heavy atom. The van der Waals surface area contributed by atoms with E-state index < -0.39 is 5.60 Å². The summed E-state index contributed by atoms with van der Waals surface area (Å²) in [6.07, 6.45) is 3.70. The van der Waals surface area contributed by atoms with Crippen LogP contribution in [0.25, 0.3) is 0 Å². The normalized spacial score (nSPS) is 24.5. The predicted molar refractivity (Wildman–Crippen MR) is 103 cm³/mol. The SMILES string of the molecule is CCC(CC)C[C@H](NC(C)=O)[C@H]1N[C@@H](C(=O)OC(C)(C)C)C[C@H]1COC. The average molecular weight is 371 g/mol. The molecule has 152 valence electrons. The number of rotatable bonds is 9. The van der Waals surface area contributed by atoms with Crippen molar-refractivity contribution in [3.8, 4) is 0 Å². The van der Waals surface area contributed by atoms with E-state index in [2.05, 4.69) is 24.5 Å². The quantitative estimate of drug-likeness (QED) is 0.610. The summed E-state index contributed by atoms with van der Waals surface area (Å²) in [7, 11) is 1.67. The van der Waals surface area contributed by atoms with E-state index in [1.165, 1.54) is 0 Å². The monoisotopic (exact) mass is 370 g/mol. The Kier molecular flexibility index (Phi) is 9.04. The third kappa shape index (κ3) is 7.23. The van der Waals surface area contributed by atoms with Gasteiger partial charge in [-0.05, 0) is 39.5 Å². The minimum Gasteiger partial charge on any atom is -0.459 e. The molecule has 0 unspecified atom stereocenters. The summed E-state index contributed by atoms with van der Waals surface area (Å²) in [5, 5.41) is 6.55. The van der Waals surface area contributed by atoms with Gasteiger partial charge in [-0.1, -0.05) is 26.7 Å². The zero-order valence-corrected chi connectivity index (χ0v) is 17.6. The largest absolute Gasteiger partial charge is 0.459 e. The first-order valence-corrected chi connectivity index (χ1v) is 9.86. The highest BCUT2D eigenvalue weighted by atomic mass is 16.6. The van der Waals surface area contributed by atoms with Gasteiger partial charge in [0.2, 0.25) is 5.91 Å². The maximum absolute atomic E-state index is 12.5. The molecule has 1 fully saturated rings. The molecule has 0 spiro atoms. The molecule has 0 radical (unpaired) electrons. The Morgan fingerprint density at radius 1 is 1.23 bits per heavy atom. The van der Waals surface area contributed by atoms with Gasteiger partial charge in [-0.25, -0.2) is 0 Å². The second-order valence-electron chi connectivity index (χ2n) is 8.45. The molecule has 0 aromatic heterocycles. The van der Waals surface area contributed by atoms with Gasteiger partial charge in [0.15, 0.2) is 0 Å². The lowest BCUT2D eigenvalue weighted by molar-refractivity contribution is -0.157. The van der Waals surface area contributed by atoms with Crippen LogP contribution in [-0.2, 0) is 19.1 Å². The molecule has 0 aliphatic carbocycles. The van der Waals surface area contributed by atoms with Gasteiger partial charge in [0, 0.05) is 32.0 Å². The maximum Gasteiger partial charge on any atom is 0.323 e. The van der Waals surface area contributed by atoms with Gasteiger partial charge in [0.25, 0.3) is 0 Å². The number of amides is 1. The number of ether oxygens (including phenoxy) is 2. The summed E-state index contributed by atoms with van der Waals surface area (Å²) in [6, 6.07) is -0.390. The summed E-state index contributed by atoms with van der Waals surface area (Å²) in [5.41, 5.74) is -0.514. The van der Waals surface area contributed by atoms with Crippen LogP contribution in [0.2, 0.25) is 0 Å². The van der Waals surface area contributed by atoms with Crippen LogP contribution < -0.4 is 10.6 Å². The molecule has 4 atom stereocenters. The van der Waals surface area contributed by atoms with Crippen LogP contribution in [0.1, 0.15) is 67.2 Å². The molecule has 1 saturated heterocycles. The van der Waals surface area contributed by atoms with E-state index in [1.807, 2.05) is 20.8 Å². The van der Waals surface area contributed by atoms with E-state index in [9.17, 15) is 9.59 Å². The second kappa shape index (κ2) is 10.3. The first-order chi connectivity index (χ1) is 12.1. The Hall–Kier alpha value is -1.14. The molecule has 1 amide bonds. The van der Waals surface area contributed by atoms with Crippen molar-refractivity contribution in [3.05, 3.63) is 0 Å². The number of hydrogen-bond donors (Lipinski definition) is 2. The molecule has 0 bridgehead atoms. The van der Waals surface area contributed by atoms with Gasteiger partial charge in [0.1, 0.15) is 11.6 Å². The Balaban J connectivity index is 2.94. The summed E-state index contributed by atoms with van der Waals surface area (Å²) in [6.45, 7) is 12.1. The third-order valence-electron chi connectivity index (χ3n) is 5.08. The first-order valence-electron chi connectivity index (χ1n) is 9.86. The molecule has 0 aromatic rings. The summed E-state index contributed by atoms with van der Waals surface area (Å²) in [4.78, 5) is 24.3. The Morgan fingerprint density at radius 3 is 2.31 bits per heavy atom. The zero-order chi connectivity index (χ0) is 19.9. The van der Waals surface area contributed by atoms with E-state index in [1.54, 1.807) is 14.0 Å². The molecule has 1 aliphatic rings. The van der Waals surface area contributed by atoms with E-state index in [-0.39, 0.29) is 35.9 Å². The van der Waals surface area contributed by atoms with Crippen LogP contribution >= 0.6 is 0 Å². The van der Waals surface area contributed by atoms with E-state index >= 15 is 0 Å². The van der Waals surface area contributed by atoms with Crippen LogP contribution in [0.4, 0.5) is 0 Å². The average Bonchev–Trinajstić information content (AvgIpc) is 2.94. The maximum atomic E-state index is 12.5. The molecular weight excluding hydrogens is 332 g/mol. The molecule has 1 heterocycles. The topological polar surface area (TPSA) is 76.7 Å². The Bertz CT molecular complexity index is 457. The van der Waals surface area contributed by atoms with E-state index in [0.717, 1.165) is 19.3 Å². The van der Waals surface area contributed by atoms with Crippen molar-refractivity contribution in [2.24, 2.45) is 11.8 Å². The van der Waals surface area contributed by atoms with Crippen LogP contribution in [-0.4, -0.2) is 49.3 Å². The summed E-state index contributed by atoms with van der Waals surface area (Å²) < 4.78 is 10.9. The molecule has 1 rings (SSSR count). The molecule has 26 heavy (non-hydrogen) atoms. The van der Waals surface area contributed by atoms with Gasteiger partial charge in [-0.3, -0.25) is 14.9 Å². The van der Waals surface area contributed by atoms with E-state index in [0.29, 0.717) is 18.9 Å². The fraction of sp³-hybridized carbons (Fsp3) is 0.900. The number of methoxy groups -OCH3 is 1. The summed E-state index contributed by atoms with van der Waals surface area (Å²) in [5.74, 6) is 0.422. The van der Waals surface area contributed by atoms with Crippen LogP contribution in [0, 0.1) is 11.8 Å². The highest BCUT2D eigenvalue weighted by Gasteiger charge is 2.43. The van der Waals surface area contributed by atoms with Crippen LogP contribution in [0.3, 0.4) is 0 Å². The molecular formula is C20H38N2O4. The van der Waals surface area contributed by atoms with Crippen LogP contribution in [0.15, 0.2) is 0 Å². The minimum atomic E-state index is -0.514. The fourth-order valence-electron chi connectivity index (χ4n) is 3.79. The highest BCUT2D eigenvalue weighted by Crippen LogP contribution is 2.29. The van der Waals surface area contributed by atoms with Crippen molar-refractivity contribution in [1.82, 2.24) is 10.6 Å². The van der Waals surface area contributed by atoms with Gasteiger partial charge in [0.05, 0.1) is 6.61 Å². The van der Waals surface area contributed by atoms with Crippen molar-refractivity contribution in [2.45, 2.75) is 91.0 Å². The number of esters is 1. The number of hydrogen-bond acceptors (Lipinski definition) is 5. The number of nitrogens with one attached hydrogen (secondary N) is 2. The standard InChI is InChI=1S/C20H38N2O4/c1-8-14(9-2)10-16(21-13(3)23)18-15(12-25-7)11-17(22-18)19(24)26-20(4,5)6/h14-18,22H,8-12H2,1-7H3,(H,21,23)/t15-,16-,17+,18-/m0/s1. The second-order valence-corrected chi connectivity index (χ2v) is 8.45. The molecule has 2 N–H and O–H groups in total. The lowest BCUT2D eigenvalue weighted by atomic mass is 9.86. The van der Waals surface area contributed by atoms with Crippen molar-refractivity contribution in [2.75, 3.05) is 13.7 Å². The van der Waals surface area contributed by atoms with Gasteiger partial charge in [-0.15, -0.1) is 0 Å². The van der Waals surface area contributed by atoms with Gasteiger partial charge in [-0.2, -0.15) is 0 Å². The Labute approximate surface area is 158 Å². The lowest BCUT2D eigenvalue weighted by Gasteiger charge is -2.31. The number of carbonyl (C=O) groups is 2. The predicted octanol–water partition coefficient (Wildman–Crippen LogP) is 2.65. The molecule has 1 aliphatic heterocycles. The highest BCUT2D eigenvalue weighted by molar-refractivity contribution is 5.77. The number of carbonyl (C=O) groups excluding carboxylic acids is 2. The smallest absolute Gasteiger partial charge is 0.323 e. The fourth-order valence-corrected chi connectivity index (χ4v) is 3.79. The zero-order valence-electron chi connectivity index (χ0n) is 17.6. The van der Waals surface area contributed by atoms with Crippen molar-refractivity contribution in [1.29, 1.82) is 0 Å². The molecule has 0 saturated carbocycles. The van der Waals surface area contributed by atoms with Gasteiger partial charge >= 0.3 is 5.97 Å². The van der Waals surface area contributed by atoms with Crippen molar-refractivity contribution in [3.63, 3.8) is 0 Å². The first kappa shape index (κ1) is 22.9. The van der Waals surface area contributed by atoms with Gasteiger partial charge < -0.3 is 14.8 Å². The van der Waals surface area contributed by atoms with Crippen molar-refractivity contribution >= 4 is 11.9 Å². The van der Waals surface area contributed by atoms with Crippen LogP contribution in [0.5, 0.6) is 0 Å².